The van der Waals surface area contributed by atoms with Gasteiger partial charge in [-0.25, -0.2) is 4.98 Å². The zero-order valence-electron chi connectivity index (χ0n) is 12.1. The quantitative estimate of drug-likeness (QED) is 0.625. The maximum Gasteiger partial charge on any atom is 0.291 e. The third-order valence-electron chi connectivity index (χ3n) is 3.56. The normalized spacial score (nSPS) is 10.8. The van der Waals surface area contributed by atoms with Crippen molar-refractivity contribution in [1.82, 2.24) is 9.38 Å². The number of hydrogen-bond acceptors (Lipinski definition) is 3. The number of hydrogen-bond donors (Lipinski definition) is 1. The number of imidazole rings is 1. The molecule has 0 saturated heterocycles. The number of rotatable bonds is 3. The van der Waals surface area contributed by atoms with Crippen molar-refractivity contribution in [3.05, 3.63) is 79.0 Å². The molecule has 112 valence electrons. The van der Waals surface area contributed by atoms with Gasteiger partial charge in [-0.1, -0.05) is 24.3 Å². The molecule has 3 heterocycles. The van der Waals surface area contributed by atoms with Gasteiger partial charge >= 0.3 is 0 Å². The Balaban J connectivity index is 1.73. The molecule has 0 aliphatic rings. The monoisotopic (exact) mass is 303 g/mol. The molecule has 0 aliphatic heterocycles. The van der Waals surface area contributed by atoms with E-state index in [4.69, 9.17) is 4.42 Å². The second-order valence-corrected chi connectivity index (χ2v) is 5.07. The molecular weight excluding hydrogens is 290 g/mol. The lowest BCUT2D eigenvalue weighted by Crippen LogP contribution is -2.11. The van der Waals surface area contributed by atoms with Crippen molar-refractivity contribution < 1.29 is 9.21 Å². The second kappa shape index (κ2) is 5.46. The minimum atomic E-state index is -0.286. The van der Waals surface area contributed by atoms with Crippen LogP contribution < -0.4 is 5.32 Å². The van der Waals surface area contributed by atoms with Crippen molar-refractivity contribution in [1.29, 1.82) is 0 Å². The minimum absolute atomic E-state index is 0.273. The molecule has 4 rings (SSSR count). The third-order valence-corrected chi connectivity index (χ3v) is 3.56. The molecule has 1 N–H and O–H groups in total. The summed E-state index contributed by atoms with van der Waals surface area (Å²) in [5.41, 5.74) is 3.20. The van der Waals surface area contributed by atoms with Crippen LogP contribution in [0.3, 0.4) is 0 Å². The number of nitrogens with one attached hydrogen (secondary N) is 1. The number of furan rings is 1. The Morgan fingerprint density at radius 1 is 1.04 bits per heavy atom. The fraction of sp³-hybridized carbons (Fsp3) is 0. The van der Waals surface area contributed by atoms with Gasteiger partial charge in [-0.3, -0.25) is 4.79 Å². The molecule has 0 unspecified atom stereocenters. The Labute approximate surface area is 132 Å². The maximum absolute atomic E-state index is 12.2. The van der Waals surface area contributed by atoms with Crippen LogP contribution in [0.15, 0.2) is 77.7 Å². The first kappa shape index (κ1) is 13.3. The molecule has 0 bridgehead atoms. The smallest absolute Gasteiger partial charge is 0.291 e. The summed E-state index contributed by atoms with van der Waals surface area (Å²) in [4.78, 5) is 16.8. The van der Waals surface area contributed by atoms with Crippen molar-refractivity contribution in [3.63, 3.8) is 0 Å². The second-order valence-electron chi connectivity index (χ2n) is 5.07. The summed E-state index contributed by atoms with van der Waals surface area (Å²) in [6.45, 7) is 0. The number of carbonyl (C=O) groups excluding carboxylic acids is 1. The van der Waals surface area contributed by atoms with E-state index in [-0.39, 0.29) is 11.7 Å². The molecule has 4 aromatic rings. The molecule has 5 nitrogen and oxygen atoms in total. The van der Waals surface area contributed by atoms with Gasteiger partial charge in [0.1, 0.15) is 5.65 Å². The number of aromatic nitrogens is 2. The summed E-state index contributed by atoms with van der Waals surface area (Å²) in [7, 11) is 0. The summed E-state index contributed by atoms with van der Waals surface area (Å²) in [5.74, 6) is -0.0129. The number of benzene rings is 1. The van der Waals surface area contributed by atoms with Crippen LogP contribution in [0.1, 0.15) is 10.6 Å². The molecule has 5 heteroatoms. The van der Waals surface area contributed by atoms with Crippen molar-refractivity contribution in [2.24, 2.45) is 0 Å². The summed E-state index contributed by atoms with van der Waals surface area (Å²) in [6, 6.07) is 16.7. The van der Waals surface area contributed by atoms with Crippen LogP contribution in [-0.4, -0.2) is 15.3 Å². The Morgan fingerprint density at radius 2 is 1.91 bits per heavy atom. The van der Waals surface area contributed by atoms with Crippen LogP contribution in [0.5, 0.6) is 0 Å². The van der Waals surface area contributed by atoms with E-state index in [1.807, 2.05) is 59.3 Å². The summed E-state index contributed by atoms with van der Waals surface area (Å²) in [6.07, 6.45) is 5.35. The van der Waals surface area contributed by atoms with Gasteiger partial charge in [0.2, 0.25) is 0 Å². The Bertz CT molecular complexity index is 938. The molecule has 0 radical (unpaired) electrons. The van der Waals surface area contributed by atoms with Gasteiger partial charge in [-0.2, -0.15) is 0 Å². The van der Waals surface area contributed by atoms with Crippen molar-refractivity contribution in [2.75, 3.05) is 5.32 Å². The summed E-state index contributed by atoms with van der Waals surface area (Å²) in [5, 5.41) is 2.87. The predicted octanol–water partition coefficient (Wildman–Crippen LogP) is 3.85. The first-order chi connectivity index (χ1) is 11.3. The highest BCUT2D eigenvalue weighted by Crippen LogP contribution is 2.27. The Hall–Kier alpha value is -3.34. The van der Waals surface area contributed by atoms with Crippen LogP contribution in [0.2, 0.25) is 0 Å². The SMILES string of the molecule is O=C(Nc1ccccc1-c1cn2ccccc2n1)c1ccco1. The molecule has 1 amide bonds. The van der Waals surface area contributed by atoms with Gasteiger partial charge in [0.25, 0.3) is 5.91 Å². The summed E-state index contributed by atoms with van der Waals surface area (Å²) < 4.78 is 7.07. The number of para-hydroxylation sites is 1. The molecule has 3 aromatic heterocycles. The van der Waals surface area contributed by atoms with Crippen molar-refractivity contribution in [2.45, 2.75) is 0 Å². The number of amides is 1. The van der Waals surface area contributed by atoms with E-state index in [0.717, 1.165) is 16.9 Å². The van der Waals surface area contributed by atoms with Gasteiger partial charge in [0.05, 0.1) is 17.6 Å². The fourth-order valence-corrected chi connectivity index (χ4v) is 2.47. The Kier molecular flexibility index (Phi) is 3.16. The van der Waals surface area contributed by atoms with Crippen molar-refractivity contribution in [3.8, 4) is 11.3 Å². The number of anilines is 1. The lowest BCUT2D eigenvalue weighted by molar-refractivity contribution is 0.0996. The van der Waals surface area contributed by atoms with E-state index < -0.39 is 0 Å². The topological polar surface area (TPSA) is 59.5 Å². The van der Waals surface area contributed by atoms with Gasteiger partial charge < -0.3 is 14.1 Å². The van der Waals surface area contributed by atoms with E-state index in [1.165, 1.54) is 6.26 Å². The minimum Gasteiger partial charge on any atom is -0.459 e. The zero-order chi connectivity index (χ0) is 15.6. The fourth-order valence-electron chi connectivity index (χ4n) is 2.47. The first-order valence-electron chi connectivity index (χ1n) is 7.19. The van der Waals surface area contributed by atoms with E-state index >= 15 is 0 Å². The number of carbonyl (C=O) groups is 1. The van der Waals surface area contributed by atoms with Crippen LogP contribution in [-0.2, 0) is 0 Å². The summed E-state index contributed by atoms with van der Waals surface area (Å²) >= 11 is 0. The van der Waals surface area contributed by atoms with Crippen LogP contribution in [0.4, 0.5) is 5.69 Å². The first-order valence-corrected chi connectivity index (χ1v) is 7.19. The molecule has 0 saturated carbocycles. The zero-order valence-corrected chi connectivity index (χ0v) is 12.1. The van der Waals surface area contributed by atoms with Crippen molar-refractivity contribution >= 4 is 17.2 Å². The largest absolute Gasteiger partial charge is 0.459 e. The molecule has 0 atom stereocenters. The average molecular weight is 303 g/mol. The van der Waals surface area contributed by atoms with E-state index in [0.29, 0.717) is 5.69 Å². The standard InChI is InChI=1S/C18H13N3O2/c22-18(16-8-5-11-23-16)20-14-7-2-1-6-13(14)15-12-21-10-4-3-9-17(21)19-15/h1-12H,(H,20,22). The van der Waals surface area contributed by atoms with E-state index in [2.05, 4.69) is 10.3 Å². The third kappa shape index (κ3) is 2.48. The van der Waals surface area contributed by atoms with E-state index in [1.54, 1.807) is 12.1 Å². The molecule has 1 aromatic carbocycles. The van der Waals surface area contributed by atoms with Gasteiger partial charge in [0.15, 0.2) is 5.76 Å². The number of nitrogens with zero attached hydrogens (tertiary/aromatic N) is 2. The van der Waals surface area contributed by atoms with Gasteiger partial charge in [-0.05, 0) is 30.3 Å². The Morgan fingerprint density at radius 3 is 2.74 bits per heavy atom. The highest BCUT2D eigenvalue weighted by Gasteiger charge is 2.13. The van der Waals surface area contributed by atoms with Gasteiger partial charge in [0, 0.05) is 18.0 Å². The highest BCUT2D eigenvalue weighted by atomic mass is 16.3. The molecule has 0 aliphatic carbocycles. The highest BCUT2D eigenvalue weighted by molar-refractivity contribution is 6.04. The lowest BCUT2D eigenvalue weighted by atomic mass is 10.1. The maximum atomic E-state index is 12.2. The van der Waals surface area contributed by atoms with Crippen LogP contribution in [0.25, 0.3) is 16.9 Å². The number of fused-ring (bicyclic) bond motifs is 1. The molecule has 0 fully saturated rings. The van der Waals surface area contributed by atoms with Crippen LogP contribution >= 0.6 is 0 Å². The number of pyridine rings is 1. The predicted molar refractivity (Wildman–Crippen MR) is 87.3 cm³/mol. The lowest BCUT2D eigenvalue weighted by Gasteiger charge is -2.08. The molecular formula is C18H13N3O2. The van der Waals surface area contributed by atoms with Gasteiger partial charge in [-0.15, -0.1) is 0 Å². The van der Waals surface area contributed by atoms with Crippen LogP contribution in [0, 0.1) is 0 Å². The molecule has 23 heavy (non-hydrogen) atoms. The van der Waals surface area contributed by atoms with E-state index in [9.17, 15) is 4.79 Å². The average Bonchev–Trinajstić information content (AvgIpc) is 3.25. The molecule has 0 spiro atoms.